The van der Waals surface area contributed by atoms with Crippen molar-refractivity contribution in [3.8, 4) is 0 Å². The van der Waals surface area contributed by atoms with E-state index in [1.54, 1.807) is 0 Å². The van der Waals surface area contributed by atoms with Gasteiger partial charge < -0.3 is 14.5 Å². The summed E-state index contributed by atoms with van der Waals surface area (Å²) in [6.07, 6.45) is 1.79. The molecule has 0 saturated carbocycles. The van der Waals surface area contributed by atoms with Gasteiger partial charge in [-0.3, -0.25) is 9.59 Å². The Balaban J connectivity index is 1.60. The van der Waals surface area contributed by atoms with E-state index in [-0.39, 0.29) is 11.8 Å². The van der Waals surface area contributed by atoms with Crippen LogP contribution in [0.2, 0.25) is 0 Å². The number of carbonyl (C=O) groups excluding carboxylic acids is 2. The summed E-state index contributed by atoms with van der Waals surface area (Å²) < 4.78 is 5.33. The van der Waals surface area contributed by atoms with Crippen LogP contribution in [0.4, 0.5) is 5.69 Å². The lowest BCUT2D eigenvalue weighted by molar-refractivity contribution is 0.0303. The topological polar surface area (TPSA) is 49.9 Å². The van der Waals surface area contributed by atoms with Crippen molar-refractivity contribution in [3.05, 3.63) is 64.7 Å². The highest BCUT2D eigenvalue weighted by atomic mass is 16.5. The fourth-order valence-corrected chi connectivity index (χ4v) is 3.82. The van der Waals surface area contributed by atoms with E-state index in [0.29, 0.717) is 44.0 Å². The van der Waals surface area contributed by atoms with E-state index in [9.17, 15) is 9.59 Å². The van der Waals surface area contributed by atoms with Crippen molar-refractivity contribution >= 4 is 17.5 Å². The molecular weight excluding hydrogens is 340 g/mol. The molecule has 27 heavy (non-hydrogen) atoms. The number of amides is 2. The van der Waals surface area contributed by atoms with E-state index in [0.717, 1.165) is 29.7 Å². The maximum absolute atomic E-state index is 13.0. The van der Waals surface area contributed by atoms with Crippen LogP contribution in [0, 0.1) is 6.92 Å². The molecule has 5 heteroatoms. The molecular formula is C22H24N2O3. The van der Waals surface area contributed by atoms with Crippen LogP contribution in [-0.2, 0) is 11.2 Å². The molecule has 140 valence electrons. The third-order valence-electron chi connectivity index (χ3n) is 5.25. The number of anilines is 1. The van der Waals surface area contributed by atoms with Crippen molar-refractivity contribution in [2.24, 2.45) is 0 Å². The monoisotopic (exact) mass is 364 g/mol. The van der Waals surface area contributed by atoms with Gasteiger partial charge in [-0.25, -0.2) is 0 Å². The van der Waals surface area contributed by atoms with Crippen molar-refractivity contribution in [1.82, 2.24) is 4.90 Å². The first kappa shape index (κ1) is 17.7. The average molecular weight is 364 g/mol. The highest BCUT2D eigenvalue weighted by Crippen LogP contribution is 2.30. The lowest BCUT2D eigenvalue weighted by Crippen LogP contribution is -2.41. The van der Waals surface area contributed by atoms with Crippen LogP contribution < -0.4 is 4.90 Å². The largest absolute Gasteiger partial charge is 0.378 e. The minimum absolute atomic E-state index is 0.0203. The Labute approximate surface area is 159 Å². The maximum atomic E-state index is 13.0. The number of hydrogen-bond acceptors (Lipinski definition) is 3. The molecule has 4 rings (SSSR count). The number of carbonyl (C=O) groups is 2. The zero-order valence-electron chi connectivity index (χ0n) is 15.6. The minimum atomic E-state index is 0.0203. The first-order valence-electron chi connectivity index (χ1n) is 9.52. The number of fused-ring (bicyclic) bond motifs is 1. The van der Waals surface area contributed by atoms with E-state index in [2.05, 4.69) is 0 Å². The molecule has 2 aromatic carbocycles. The van der Waals surface area contributed by atoms with Gasteiger partial charge >= 0.3 is 0 Å². The highest BCUT2D eigenvalue weighted by molar-refractivity contribution is 6.07. The van der Waals surface area contributed by atoms with Gasteiger partial charge in [-0.15, -0.1) is 0 Å². The number of rotatable bonds is 2. The van der Waals surface area contributed by atoms with Crippen molar-refractivity contribution < 1.29 is 14.3 Å². The van der Waals surface area contributed by atoms with Gasteiger partial charge in [-0.2, -0.15) is 0 Å². The first-order valence-corrected chi connectivity index (χ1v) is 9.52. The van der Waals surface area contributed by atoms with Gasteiger partial charge in [0.2, 0.25) is 0 Å². The zero-order chi connectivity index (χ0) is 18.8. The van der Waals surface area contributed by atoms with Crippen molar-refractivity contribution in [2.75, 3.05) is 37.7 Å². The molecule has 0 aromatic heterocycles. The lowest BCUT2D eigenvalue weighted by atomic mass is 9.97. The minimum Gasteiger partial charge on any atom is -0.378 e. The second-order valence-corrected chi connectivity index (χ2v) is 7.18. The van der Waals surface area contributed by atoms with Crippen LogP contribution >= 0.6 is 0 Å². The Morgan fingerprint density at radius 1 is 0.926 bits per heavy atom. The summed E-state index contributed by atoms with van der Waals surface area (Å²) in [6.45, 7) is 5.15. The van der Waals surface area contributed by atoms with Crippen LogP contribution in [0.3, 0.4) is 0 Å². The van der Waals surface area contributed by atoms with E-state index in [1.165, 1.54) is 0 Å². The van der Waals surface area contributed by atoms with Gasteiger partial charge in [0.1, 0.15) is 0 Å². The quantitative estimate of drug-likeness (QED) is 0.823. The number of ether oxygens (including phenoxy) is 1. The molecule has 2 heterocycles. The molecule has 1 saturated heterocycles. The molecule has 2 amide bonds. The average Bonchev–Trinajstić information content (AvgIpc) is 2.72. The SMILES string of the molecule is Cc1cccc(C(=O)N2CCCc3cc(C(=O)N4CCOCC4)ccc32)c1. The fraction of sp³-hybridized carbons (Fsp3) is 0.364. The van der Waals surface area contributed by atoms with Crippen LogP contribution in [0.15, 0.2) is 42.5 Å². The molecule has 0 radical (unpaired) electrons. The Bertz CT molecular complexity index is 872. The maximum Gasteiger partial charge on any atom is 0.258 e. The van der Waals surface area contributed by atoms with E-state index >= 15 is 0 Å². The van der Waals surface area contributed by atoms with Gasteiger partial charge in [0.15, 0.2) is 0 Å². The van der Waals surface area contributed by atoms with Crippen LogP contribution in [0.1, 0.15) is 38.3 Å². The summed E-state index contributed by atoms with van der Waals surface area (Å²) in [5, 5.41) is 0. The van der Waals surface area contributed by atoms with Crippen LogP contribution in [0.5, 0.6) is 0 Å². The summed E-state index contributed by atoms with van der Waals surface area (Å²) in [6, 6.07) is 13.4. The predicted octanol–water partition coefficient (Wildman–Crippen LogP) is 3.06. The van der Waals surface area contributed by atoms with E-state index in [4.69, 9.17) is 4.74 Å². The summed E-state index contributed by atoms with van der Waals surface area (Å²) in [7, 11) is 0. The standard InChI is InChI=1S/C22H24N2O3/c1-16-4-2-5-18(14-16)22(26)24-9-3-6-17-15-19(7-8-20(17)24)21(25)23-10-12-27-13-11-23/h2,4-5,7-8,14-15H,3,6,9-13H2,1H3. The second-order valence-electron chi connectivity index (χ2n) is 7.18. The molecule has 0 spiro atoms. The third-order valence-corrected chi connectivity index (χ3v) is 5.25. The summed E-state index contributed by atoms with van der Waals surface area (Å²) >= 11 is 0. The molecule has 0 aliphatic carbocycles. The third kappa shape index (κ3) is 3.60. The lowest BCUT2D eigenvalue weighted by Gasteiger charge is -2.31. The van der Waals surface area contributed by atoms with Crippen LogP contribution in [-0.4, -0.2) is 49.6 Å². The normalized spacial score (nSPS) is 16.8. The number of benzene rings is 2. The molecule has 0 atom stereocenters. The van der Waals surface area contributed by atoms with Crippen molar-refractivity contribution in [1.29, 1.82) is 0 Å². The number of aryl methyl sites for hydroxylation is 2. The van der Waals surface area contributed by atoms with E-state index in [1.807, 2.05) is 59.2 Å². The van der Waals surface area contributed by atoms with Crippen LogP contribution in [0.25, 0.3) is 0 Å². The Kier molecular flexibility index (Phi) is 4.94. The molecule has 0 N–H and O–H groups in total. The van der Waals surface area contributed by atoms with E-state index < -0.39 is 0 Å². The van der Waals surface area contributed by atoms with Crippen molar-refractivity contribution in [2.45, 2.75) is 19.8 Å². The summed E-state index contributed by atoms with van der Waals surface area (Å²) in [5.74, 6) is 0.0649. The summed E-state index contributed by atoms with van der Waals surface area (Å²) in [4.78, 5) is 29.4. The molecule has 2 aliphatic heterocycles. The summed E-state index contributed by atoms with van der Waals surface area (Å²) in [5.41, 5.74) is 4.47. The van der Waals surface area contributed by atoms with Gasteiger partial charge in [0.05, 0.1) is 13.2 Å². The Hall–Kier alpha value is -2.66. The van der Waals surface area contributed by atoms with Gasteiger partial charge in [-0.05, 0) is 55.7 Å². The van der Waals surface area contributed by atoms with Crippen molar-refractivity contribution in [3.63, 3.8) is 0 Å². The van der Waals surface area contributed by atoms with Gasteiger partial charge in [0, 0.05) is 36.4 Å². The van der Waals surface area contributed by atoms with Gasteiger partial charge in [0.25, 0.3) is 11.8 Å². The molecule has 2 aromatic rings. The second kappa shape index (κ2) is 7.53. The zero-order valence-corrected chi connectivity index (χ0v) is 15.6. The van der Waals surface area contributed by atoms with Gasteiger partial charge in [-0.1, -0.05) is 17.7 Å². The molecule has 1 fully saturated rings. The Morgan fingerprint density at radius 2 is 1.70 bits per heavy atom. The Morgan fingerprint density at radius 3 is 2.48 bits per heavy atom. The molecule has 0 bridgehead atoms. The smallest absolute Gasteiger partial charge is 0.258 e. The number of hydrogen-bond donors (Lipinski definition) is 0. The fourth-order valence-electron chi connectivity index (χ4n) is 3.82. The highest BCUT2D eigenvalue weighted by Gasteiger charge is 2.26. The molecule has 2 aliphatic rings. The predicted molar refractivity (Wildman–Crippen MR) is 104 cm³/mol. The first-order chi connectivity index (χ1) is 13.1. The number of morpholine rings is 1. The molecule has 5 nitrogen and oxygen atoms in total. The molecule has 0 unspecified atom stereocenters. The number of nitrogens with zero attached hydrogens (tertiary/aromatic N) is 2.